The fraction of sp³-hybridized carbons (Fsp3) is 0.738. The lowest BCUT2D eigenvalue weighted by Gasteiger charge is -2.41. The van der Waals surface area contributed by atoms with E-state index in [4.69, 9.17) is 18.9 Å². The summed E-state index contributed by atoms with van der Waals surface area (Å²) >= 11 is 0. The second kappa shape index (κ2) is 36.3. The Kier molecular flexibility index (Phi) is 32.0. The minimum atomic E-state index is -1.79. The summed E-state index contributed by atoms with van der Waals surface area (Å²) in [6, 6.07) is -7.28. The fourth-order valence-electron chi connectivity index (χ4n) is 11.5. The van der Waals surface area contributed by atoms with Gasteiger partial charge in [-0.1, -0.05) is 87.8 Å². The van der Waals surface area contributed by atoms with Crippen LogP contribution in [0.4, 0.5) is 0 Å². The Labute approximate surface area is 541 Å². The van der Waals surface area contributed by atoms with Crippen LogP contribution >= 0.6 is 0 Å². The highest BCUT2D eigenvalue weighted by molar-refractivity contribution is 5.99. The number of amides is 10. The third-order valence-corrected chi connectivity index (χ3v) is 17.3. The normalized spacial score (nSPS) is 23.3. The number of nitrogens with one attached hydrogen (secondary N) is 3. The molecule has 0 aromatic heterocycles. The second-order valence-corrected chi connectivity index (χ2v) is 26.2. The fourth-order valence-corrected chi connectivity index (χ4v) is 11.5. The molecule has 0 saturated carbocycles. The zero-order valence-corrected chi connectivity index (χ0v) is 59.1. The van der Waals surface area contributed by atoms with Gasteiger partial charge in [-0.25, -0.2) is 4.79 Å². The molecule has 0 radical (unpaired) electrons. The van der Waals surface area contributed by atoms with Gasteiger partial charge in [0.05, 0.1) is 26.4 Å². The summed E-state index contributed by atoms with van der Waals surface area (Å²) in [5, 5.41) is 8.54. The van der Waals surface area contributed by atoms with E-state index in [1.165, 1.54) is 111 Å². The van der Waals surface area contributed by atoms with Gasteiger partial charge in [0, 0.05) is 70.0 Å². The smallest absolute Gasteiger partial charge is 0.328 e. The lowest BCUT2D eigenvalue weighted by molar-refractivity contribution is -0.168. The van der Waals surface area contributed by atoms with E-state index < -0.39 is 150 Å². The van der Waals surface area contributed by atoms with Gasteiger partial charge >= 0.3 is 5.97 Å². The Hall–Kier alpha value is -6.93. The molecule has 3 N–H and O–H groups in total. The number of cyclic esters (lactones) is 1. The molecule has 0 unspecified atom stereocenters. The summed E-state index contributed by atoms with van der Waals surface area (Å²) < 4.78 is 22.6. The number of carbonyl (C=O) groups is 11. The van der Waals surface area contributed by atoms with Crippen LogP contribution in [0, 0.1) is 29.6 Å². The maximum Gasteiger partial charge on any atom is 0.328 e. The van der Waals surface area contributed by atoms with E-state index in [9.17, 15) is 33.6 Å². The van der Waals surface area contributed by atoms with Gasteiger partial charge in [-0.15, -0.1) is 0 Å². The molecule has 26 nitrogen and oxygen atoms in total. The molecule has 0 aliphatic carbocycles. The standard InChI is InChI=1S/C65H111N11O15/c1-26-40(10)53-57(79)66-41(11)58(80)71(17)47(31-36(2)3)55(77)67-46(33-44-27-29-45(90-25)30-28-44)59(81)70(16)42(12)65(87)91-43(13)54(64(86)74(20)50(35-89-24)62(84)75(53)21)76(22)60(82)48(32-37(4)5)72(18)61(83)49(34-88-23)73(19)63(85)51(38(6)7)68-56(78)52(39(8)9)69(14)15/h27-30,36-43,46-54H,26,31-35H2,1-25H3,(H,66,79)(H,67,77)(H,68,78)/t40-,41-,42+,43+,46-,47-,48-,49-,50-,51+,52-,53-,54-/m0/s1. The maximum absolute atomic E-state index is 15.6. The lowest BCUT2D eigenvalue weighted by atomic mass is 9.95. The zero-order valence-electron chi connectivity index (χ0n) is 59.1. The van der Waals surface area contributed by atoms with Crippen molar-refractivity contribution in [2.24, 2.45) is 29.6 Å². The van der Waals surface area contributed by atoms with Crippen LogP contribution < -0.4 is 20.7 Å². The molecule has 1 fully saturated rings. The van der Waals surface area contributed by atoms with Gasteiger partial charge in [-0.3, -0.25) is 52.8 Å². The van der Waals surface area contributed by atoms with Crippen LogP contribution in [0.25, 0.3) is 0 Å². The predicted molar refractivity (Wildman–Crippen MR) is 345 cm³/mol. The topological polar surface area (TPSA) is 287 Å². The number of hydrogen-bond donors (Lipinski definition) is 3. The van der Waals surface area contributed by atoms with Gasteiger partial charge < -0.3 is 69.2 Å². The molecule has 1 aromatic carbocycles. The van der Waals surface area contributed by atoms with E-state index in [1.807, 2.05) is 48.5 Å². The number of ether oxygens (including phenoxy) is 4. The van der Waals surface area contributed by atoms with Gasteiger partial charge in [-0.05, 0) is 95.0 Å². The van der Waals surface area contributed by atoms with Crippen LogP contribution in [0.2, 0.25) is 0 Å². The molecule has 13 atom stereocenters. The molecule has 1 aliphatic rings. The van der Waals surface area contributed by atoms with E-state index in [1.54, 1.807) is 64.0 Å². The van der Waals surface area contributed by atoms with Crippen molar-refractivity contribution in [2.45, 2.75) is 188 Å². The summed E-state index contributed by atoms with van der Waals surface area (Å²) in [5.74, 6) is -9.06. The summed E-state index contributed by atoms with van der Waals surface area (Å²) in [6.45, 7) is 21.7. The second-order valence-electron chi connectivity index (χ2n) is 26.2. The number of rotatable bonds is 24. The van der Waals surface area contributed by atoms with Crippen molar-refractivity contribution >= 4 is 65.0 Å². The molecule has 0 spiro atoms. The molecular formula is C65H111N11O15. The minimum Gasteiger partial charge on any atom is -0.497 e. The molecule has 26 heteroatoms. The monoisotopic (exact) mass is 1290 g/mol. The molecule has 1 aromatic rings. The van der Waals surface area contributed by atoms with Crippen LogP contribution in [0.15, 0.2) is 24.3 Å². The largest absolute Gasteiger partial charge is 0.497 e. The molecule has 10 amide bonds. The molecule has 91 heavy (non-hydrogen) atoms. The first-order chi connectivity index (χ1) is 42.3. The number of carbonyl (C=O) groups excluding carboxylic acids is 11. The summed E-state index contributed by atoms with van der Waals surface area (Å²) in [6.07, 6.45) is -1.14. The van der Waals surface area contributed by atoms with Crippen LogP contribution in [-0.4, -0.2) is 275 Å². The van der Waals surface area contributed by atoms with Gasteiger partial charge in [0.15, 0.2) is 0 Å². The van der Waals surface area contributed by atoms with Gasteiger partial charge in [0.1, 0.15) is 72.3 Å². The van der Waals surface area contributed by atoms with E-state index in [0.29, 0.717) is 17.7 Å². The van der Waals surface area contributed by atoms with Gasteiger partial charge in [0.2, 0.25) is 59.1 Å². The van der Waals surface area contributed by atoms with Crippen molar-refractivity contribution in [3.8, 4) is 5.75 Å². The Bertz CT molecular complexity index is 2630. The predicted octanol–water partition coefficient (Wildman–Crippen LogP) is 2.14. The highest BCUT2D eigenvalue weighted by Gasteiger charge is 2.47. The first kappa shape index (κ1) is 80.2. The Balaban J connectivity index is 3.02. The van der Waals surface area contributed by atoms with Crippen LogP contribution in [0.3, 0.4) is 0 Å². The molecule has 1 aliphatic heterocycles. The lowest BCUT2D eigenvalue weighted by Crippen LogP contribution is -2.64. The number of esters is 1. The van der Waals surface area contributed by atoms with Crippen LogP contribution in [0.1, 0.15) is 115 Å². The van der Waals surface area contributed by atoms with Gasteiger partial charge in [0.25, 0.3) is 0 Å². The molecule has 1 heterocycles. The van der Waals surface area contributed by atoms with Crippen molar-refractivity contribution in [1.82, 2.24) is 55.1 Å². The van der Waals surface area contributed by atoms with Crippen molar-refractivity contribution in [2.75, 3.05) is 98.0 Å². The van der Waals surface area contributed by atoms with E-state index in [2.05, 4.69) is 16.0 Å². The van der Waals surface area contributed by atoms with Crippen LogP contribution in [0.5, 0.6) is 5.75 Å². The Morgan fingerprint density at radius 3 is 1.68 bits per heavy atom. The average molecular weight is 1290 g/mol. The molecule has 0 bridgehead atoms. The molecule has 516 valence electrons. The van der Waals surface area contributed by atoms with Crippen molar-refractivity contribution in [1.29, 1.82) is 0 Å². The molecule has 2 rings (SSSR count). The number of likely N-dealkylation sites (N-methyl/N-ethyl adjacent to an activating group) is 8. The Morgan fingerprint density at radius 2 is 1.20 bits per heavy atom. The Morgan fingerprint density at radius 1 is 0.637 bits per heavy atom. The zero-order chi connectivity index (χ0) is 70.0. The third kappa shape index (κ3) is 21.0. The highest BCUT2D eigenvalue weighted by Crippen LogP contribution is 2.25. The number of hydrogen-bond acceptors (Lipinski definition) is 16. The SMILES string of the molecule is CC[C@H](C)[C@H]1C(=O)N[C@@H](C)C(=O)N(C)[C@@H](CC(C)C)C(=O)N[C@@H](Cc2ccc(OC)cc2)C(=O)N(C)[C@H](C)C(=O)O[C@H](C)[C@H](N(C)C(=O)[C@H](CC(C)C)N(C)C(=O)[C@H](COC)N(C)C(=O)[C@H](NC(=O)[C@H](C(C)C)N(C)C)C(C)C)C(=O)N(C)[C@@H](COC)C(=O)N1C. The van der Waals surface area contributed by atoms with Crippen molar-refractivity contribution in [3.63, 3.8) is 0 Å². The maximum atomic E-state index is 15.6. The first-order valence-electron chi connectivity index (χ1n) is 31.5. The van der Waals surface area contributed by atoms with Crippen molar-refractivity contribution in [3.05, 3.63) is 29.8 Å². The van der Waals surface area contributed by atoms with E-state index in [0.717, 1.165) is 14.7 Å². The minimum absolute atomic E-state index is 0.00499. The highest BCUT2D eigenvalue weighted by atomic mass is 16.5. The number of nitrogens with zero attached hydrogens (tertiary/aromatic N) is 8. The number of methoxy groups -OCH3 is 3. The summed E-state index contributed by atoms with van der Waals surface area (Å²) in [7, 11) is 17.2. The van der Waals surface area contributed by atoms with Gasteiger partial charge in [-0.2, -0.15) is 0 Å². The van der Waals surface area contributed by atoms with E-state index in [-0.39, 0.29) is 49.5 Å². The summed E-state index contributed by atoms with van der Waals surface area (Å²) in [4.78, 5) is 173. The van der Waals surface area contributed by atoms with Crippen molar-refractivity contribution < 1.29 is 71.7 Å². The van der Waals surface area contributed by atoms with E-state index >= 15 is 19.2 Å². The number of benzene rings is 1. The molecule has 1 saturated heterocycles. The quantitative estimate of drug-likeness (QED) is 0.125. The average Bonchev–Trinajstić information content (AvgIpc) is 0.922. The third-order valence-electron chi connectivity index (χ3n) is 17.3. The first-order valence-corrected chi connectivity index (χ1v) is 31.5. The van der Waals surface area contributed by atoms with Crippen LogP contribution in [-0.2, 0) is 73.4 Å². The molecular weight excluding hydrogens is 1170 g/mol. The summed E-state index contributed by atoms with van der Waals surface area (Å²) in [5.41, 5.74) is 0.599.